The Kier molecular flexibility index (Phi) is 34.7. The van der Waals surface area contributed by atoms with Crippen molar-refractivity contribution in [2.75, 3.05) is 26.2 Å². The molecule has 0 radical (unpaired) electrons. The number of carbonyl (C=O) groups excluding carboxylic acids is 11. The Morgan fingerprint density at radius 2 is 1.17 bits per heavy atom. The van der Waals surface area contributed by atoms with Gasteiger partial charge in [0.15, 0.2) is 35.1 Å². The van der Waals surface area contributed by atoms with Crippen LogP contribution in [0.25, 0.3) is 0 Å². The maximum atomic E-state index is 14.7. The van der Waals surface area contributed by atoms with Crippen molar-refractivity contribution in [1.82, 2.24) is 41.5 Å². The van der Waals surface area contributed by atoms with E-state index >= 15 is 0 Å². The third-order valence-corrected chi connectivity index (χ3v) is 16.2. The average Bonchev–Trinajstić information content (AvgIpc) is 1.78. The summed E-state index contributed by atoms with van der Waals surface area (Å²) < 4.78 is 0. The van der Waals surface area contributed by atoms with Gasteiger partial charge >= 0.3 is 5.97 Å². The van der Waals surface area contributed by atoms with Crippen molar-refractivity contribution in [3.63, 3.8) is 0 Å². The van der Waals surface area contributed by atoms with Crippen molar-refractivity contribution < 1.29 is 72.9 Å². The number of nitrogens with zero attached hydrogens (tertiary/aromatic N) is 4. The zero-order valence-electron chi connectivity index (χ0n) is 55.5. The molecule has 0 spiro atoms. The van der Waals surface area contributed by atoms with Crippen molar-refractivity contribution in [1.29, 1.82) is 0 Å². The number of likely N-dealkylation sites (tertiary alicyclic amines) is 1. The quantitative estimate of drug-likeness (QED) is 0.0221. The number of carboxylic acid groups (broad SMARTS) is 1. The number of nitrogens with one attached hydrogen (secondary N) is 6. The topological polar surface area (TPSA) is 538 Å². The van der Waals surface area contributed by atoms with Gasteiger partial charge in [-0.3, -0.25) is 67.5 Å². The first kappa shape index (κ1) is 80.4. The number of carbonyl (C=O) groups is 12. The Labute approximate surface area is 554 Å². The highest BCUT2D eigenvalue weighted by atomic mass is 16.4. The number of rotatable bonds is 46. The molecule has 0 aliphatic carbocycles. The van der Waals surface area contributed by atoms with E-state index in [-0.39, 0.29) is 133 Å². The summed E-state index contributed by atoms with van der Waals surface area (Å²) in [5.74, 6) is -14.8. The largest absolute Gasteiger partial charge is 0.508 e. The highest BCUT2D eigenvalue weighted by Crippen LogP contribution is 2.27. The molecule has 1 aromatic heterocycles. The van der Waals surface area contributed by atoms with E-state index in [9.17, 15) is 72.9 Å². The van der Waals surface area contributed by atoms with Crippen molar-refractivity contribution in [2.24, 2.45) is 79.9 Å². The number of benzene rings is 1. The Hall–Kier alpha value is -8.87. The number of aromatic amines is 1. The van der Waals surface area contributed by atoms with E-state index in [4.69, 9.17) is 34.4 Å². The zero-order valence-corrected chi connectivity index (χ0v) is 55.5. The third kappa shape index (κ3) is 29.5. The van der Waals surface area contributed by atoms with Crippen LogP contribution in [0.3, 0.4) is 0 Å². The highest BCUT2D eigenvalue weighted by Gasteiger charge is 2.41. The van der Waals surface area contributed by atoms with Crippen LogP contribution in [0.15, 0.2) is 46.8 Å². The molecule has 31 nitrogen and oxygen atoms in total. The van der Waals surface area contributed by atoms with Gasteiger partial charge in [0, 0.05) is 88.3 Å². The summed E-state index contributed by atoms with van der Waals surface area (Å²) in [5, 5.41) is 44.5. The molecule has 0 unspecified atom stereocenters. The smallest absolute Gasteiger partial charge is 0.304 e. The summed E-state index contributed by atoms with van der Waals surface area (Å²) in [6.45, 7) is 10.4. The number of H-pyrrole nitrogens is 1. The Balaban J connectivity index is 1.96. The number of primary amides is 1. The van der Waals surface area contributed by atoms with Gasteiger partial charge in [0.25, 0.3) is 0 Å². The number of nitrogens with two attached hydrogens (primary N) is 6. The molecule has 1 aliphatic heterocycles. The first-order chi connectivity index (χ1) is 44.8. The van der Waals surface area contributed by atoms with E-state index in [1.807, 2.05) is 27.7 Å². The number of unbranched alkanes of at least 4 members (excludes halogenated alkanes) is 1. The minimum atomic E-state index is -1.83. The van der Waals surface area contributed by atoms with Gasteiger partial charge in [0.05, 0.1) is 42.9 Å². The molecule has 7 amide bonds. The lowest BCUT2D eigenvalue weighted by Gasteiger charge is -2.30. The number of aliphatic carboxylic acids is 1. The van der Waals surface area contributed by atoms with E-state index in [2.05, 4.69) is 46.5 Å². The van der Waals surface area contributed by atoms with Crippen LogP contribution in [-0.2, 0) is 70.4 Å². The number of aliphatic hydroxyl groups excluding tert-OH is 1. The number of hydrogen-bond donors (Lipinski definition) is 15. The van der Waals surface area contributed by atoms with Crippen LogP contribution in [0.2, 0.25) is 0 Å². The van der Waals surface area contributed by atoms with Gasteiger partial charge in [0.2, 0.25) is 41.4 Å². The predicted molar refractivity (Wildman–Crippen MR) is 351 cm³/mol. The zero-order chi connectivity index (χ0) is 71.1. The van der Waals surface area contributed by atoms with Crippen LogP contribution in [-0.4, -0.2) is 181 Å². The summed E-state index contributed by atoms with van der Waals surface area (Å²) in [7, 11) is 0. The van der Waals surface area contributed by atoms with Crippen molar-refractivity contribution in [3.8, 4) is 5.75 Å². The average molecular weight is 1340 g/mol. The van der Waals surface area contributed by atoms with Gasteiger partial charge < -0.3 is 86.2 Å². The van der Waals surface area contributed by atoms with Crippen molar-refractivity contribution in [3.05, 3.63) is 48.0 Å². The molecule has 3 rings (SSSR count). The van der Waals surface area contributed by atoms with Gasteiger partial charge in [-0.2, -0.15) is 0 Å². The standard InChI is InChI=1S/C64H102N16O15/c1-35(2)24-41(57(66)90)28-51(84)47(14-10-22-73-64(69)70)77-58(91)42(26-39-16-18-45(83)19-17-39)29-52(85)46(13-7-8-20-65)76-59(92)43(31-55(88)89)30-54(87)56(37(5)81)79-60(93)49(32-44-33-71-34-74-44)78-61(94)50-15-11-23-80(50)62(95)40(12-9-21-72-63(67)68)27-53(86)48(25-36(3)4)75-38(6)82/h16-19,33-37,40-43,46-50,56,81,83H,7-15,20-32,65H2,1-6H3,(H2,66,90)(H,71,74)(H,75,82)(H,76,92)(H,77,91)(H,78,94)(H,79,93)(H,88,89)(H4,67,68,72)(H4,69,70,73)/t37-,40-,41-,42-,43+,46+,47+,48+,49+,50+,56+/m1/s1. The molecule has 95 heavy (non-hydrogen) atoms. The fraction of sp³-hybridized carbons (Fsp3) is 0.641. The van der Waals surface area contributed by atoms with Crippen molar-refractivity contribution in [2.45, 2.75) is 199 Å². The van der Waals surface area contributed by atoms with Gasteiger partial charge in [-0.15, -0.1) is 0 Å². The van der Waals surface area contributed by atoms with Crippen molar-refractivity contribution >= 4 is 82.4 Å². The maximum absolute atomic E-state index is 14.7. The van der Waals surface area contributed by atoms with Gasteiger partial charge in [0.1, 0.15) is 23.9 Å². The Morgan fingerprint density at radius 3 is 1.69 bits per heavy atom. The van der Waals surface area contributed by atoms with Gasteiger partial charge in [-0.05, 0) is 120 Å². The number of imidazole rings is 1. The summed E-state index contributed by atoms with van der Waals surface area (Å²) in [6, 6.07) is -2.22. The summed E-state index contributed by atoms with van der Waals surface area (Å²) in [6.07, 6.45) is -0.166. The van der Waals surface area contributed by atoms with E-state index in [0.29, 0.717) is 30.5 Å². The molecule has 2 aromatic rings. The highest BCUT2D eigenvalue weighted by molar-refractivity contribution is 6.00. The summed E-state index contributed by atoms with van der Waals surface area (Å²) >= 11 is 0. The molecule has 528 valence electrons. The minimum Gasteiger partial charge on any atom is -0.508 e. The SMILES string of the molecule is CC(=O)N[C@@H](CC(C)C)C(=O)C[C@@H](CCCN=C(N)N)C(=O)N1CCC[C@H]1C(=O)N[C@@H](Cc1cnc[nH]1)C(=O)N[C@H](C(=O)C[C@@H](CC(=O)O)C(=O)N[C@@H](CCCCN)C(=O)C[C@@H](Cc1ccc(O)cc1)C(=O)N[C@@H](CCCN=C(N)N)C(=O)C[C@@H](CC(C)C)C(N)=O)[C@@H](C)O. The molecule has 0 bridgehead atoms. The fourth-order valence-corrected chi connectivity index (χ4v) is 11.4. The lowest BCUT2D eigenvalue weighted by atomic mass is 9.87. The minimum absolute atomic E-state index is 0.00486. The molecule has 11 atom stereocenters. The molecule has 21 N–H and O–H groups in total. The molecule has 31 heteroatoms. The second kappa shape index (κ2) is 41.1. The van der Waals surface area contributed by atoms with Gasteiger partial charge in [-0.1, -0.05) is 39.8 Å². The lowest BCUT2D eigenvalue weighted by Crippen LogP contribution is -2.58. The normalized spacial score (nSPS) is 16.1. The molecule has 2 heterocycles. The van der Waals surface area contributed by atoms with E-state index in [1.54, 1.807) is 0 Å². The second-order valence-corrected chi connectivity index (χ2v) is 25.4. The molecule has 0 saturated carbocycles. The van der Waals surface area contributed by atoms with Crippen LogP contribution >= 0.6 is 0 Å². The van der Waals surface area contributed by atoms with E-state index in [0.717, 1.165) is 6.92 Å². The third-order valence-electron chi connectivity index (χ3n) is 16.2. The molecular formula is C64H102N16O15. The summed E-state index contributed by atoms with van der Waals surface area (Å²) in [5.41, 5.74) is 34.4. The number of phenols is 1. The molecule has 1 aromatic carbocycles. The fourth-order valence-electron chi connectivity index (χ4n) is 11.4. The maximum Gasteiger partial charge on any atom is 0.304 e. The number of carboxylic acids is 1. The number of hydrogen-bond acceptors (Lipinski definition) is 18. The number of aliphatic imine (C=N–C) groups is 2. The number of phenolic OH excluding ortho intramolecular Hbond substituents is 1. The molecule has 1 saturated heterocycles. The van der Waals surface area contributed by atoms with Crippen LogP contribution in [0.4, 0.5) is 0 Å². The van der Waals surface area contributed by atoms with Crippen LogP contribution < -0.4 is 61.0 Å². The second-order valence-electron chi connectivity index (χ2n) is 25.4. The van der Waals surface area contributed by atoms with E-state index in [1.165, 1.54) is 48.6 Å². The first-order valence-corrected chi connectivity index (χ1v) is 32.4. The molecular weight excluding hydrogens is 1230 g/mol. The van der Waals surface area contributed by atoms with Crippen LogP contribution in [0.1, 0.15) is 156 Å². The number of Topliss-reactive ketones (excluding diaryl/α,β-unsaturated/α-hetero) is 4. The van der Waals surface area contributed by atoms with Crippen LogP contribution in [0, 0.1) is 35.5 Å². The molecule has 1 aliphatic rings. The number of guanidine groups is 2. The lowest BCUT2D eigenvalue weighted by molar-refractivity contribution is -0.144. The van der Waals surface area contributed by atoms with Gasteiger partial charge in [-0.25, -0.2) is 4.98 Å². The number of amides is 7. The van der Waals surface area contributed by atoms with E-state index < -0.39 is 156 Å². The number of aromatic nitrogens is 2. The monoisotopic (exact) mass is 1330 g/mol. The number of aliphatic hydroxyl groups is 1. The Morgan fingerprint density at radius 1 is 0.621 bits per heavy atom. The van der Waals surface area contributed by atoms with Crippen LogP contribution in [0.5, 0.6) is 5.75 Å². The Bertz CT molecular complexity index is 2950. The summed E-state index contributed by atoms with van der Waals surface area (Å²) in [4.78, 5) is 182. The first-order valence-electron chi connectivity index (χ1n) is 32.4. The predicted octanol–water partition coefficient (Wildman–Crippen LogP) is -0.694. The molecule has 1 fully saturated rings. The number of aromatic hydroxyl groups is 1. The number of ketones is 4.